The number of piperazine rings is 1. The zero-order valence-corrected chi connectivity index (χ0v) is 12.7. The van der Waals surface area contributed by atoms with Gasteiger partial charge in [0, 0.05) is 41.7 Å². The maximum Gasteiger partial charge on any atom is 0.148 e. The van der Waals surface area contributed by atoms with Gasteiger partial charge >= 0.3 is 0 Å². The monoisotopic (exact) mass is 325 g/mol. The third kappa shape index (κ3) is 2.25. The first-order valence-electron chi connectivity index (χ1n) is 6.47. The Morgan fingerprint density at radius 1 is 1.21 bits per heavy atom. The largest absolute Gasteiger partial charge is 0.366 e. The average molecular weight is 326 g/mol. The van der Waals surface area contributed by atoms with Crippen LogP contribution in [-0.4, -0.2) is 43.1 Å². The van der Waals surface area contributed by atoms with Crippen molar-refractivity contribution in [2.45, 2.75) is 6.92 Å². The molecule has 0 unspecified atom stereocenters. The number of nitrogens with zero attached hydrogens (tertiary/aromatic N) is 2. The van der Waals surface area contributed by atoms with Gasteiger partial charge in [-0.2, -0.15) is 0 Å². The van der Waals surface area contributed by atoms with E-state index < -0.39 is 0 Å². The Morgan fingerprint density at radius 2 is 1.89 bits per heavy atom. The molecule has 1 N–H and O–H groups in total. The first-order valence-corrected chi connectivity index (χ1v) is 7.26. The number of halogens is 2. The van der Waals surface area contributed by atoms with Crippen LogP contribution in [0.3, 0.4) is 0 Å². The van der Waals surface area contributed by atoms with Gasteiger partial charge < -0.3 is 14.8 Å². The van der Waals surface area contributed by atoms with Crippen LogP contribution >= 0.6 is 15.9 Å². The molecule has 0 aliphatic carbocycles. The Labute approximate surface area is 120 Å². The maximum absolute atomic E-state index is 14.4. The van der Waals surface area contributed by atoms with Gasteiger partial charge in [0.25, 0.3) is 0 Å². The molecule has 0 atom stereocenters. The highest BCUT2D eigenvalue weighted by Crippen LogP contribution is 2.35. The predicted octanol–water partition coefficient (Wildman–Crippen LogP) is 3.13. The van der Waals surface area contributed by atoms with Crippen molar-refractivity contribution in [2.24, 2.45) is 0 Å². The van der Waals surface area contributed by atoms with Gasteiger partial charge in [-0.25, -0.2) is 4.39 Å². The normalized spacial score (nSPS) is 17.4. The first-order chi connectivity index (χ1) is 9.06. The van der Waals surface area contributed by atoms with Crippen molar-refractivity contribution in [1.29, 1.82) is 0 Å². The lowest BCUT2D eigenvalue weighted by Crippen LogP contribution is -2.44. The molecule has 5 heteroatoms. The Balaban J connectivity index is 2.12. The minimum Gasteiger partial charge on any atom is -0.366 e. The number of nitrogens with one attached hydrogen (secondary N) is 1. The number of hydrogen-bond donors (Lipinski definition) is 1. The lowest BCUT2D eigenvalue weighted by molar-refractivity contribution is 0.312. The second kappa shape index (κ2) is 4.80. The predicted molar refractivity (Wildman–Crippen MR) is 80.4 cm³/mol. The zero-order chi connectivity index (χ0) is 13.6. The summed E-state index contributed by atoms with van der Waals surface area (Å²) in [5.74, 6) is -0.150. The van der Waals surface area contributed by atoms with Gasteiger partial charge in [-0.05, 0) is 42.0 Å². The van der Waals surface area contributed by atoms with Crippen LogP contribution in [0.2, 0.25) is 0 Å². The molecule has 2 aromatic rings. The Hall–Kier alpha value is -1.07. The van der Waals surface area contributed by atoms with Gasteiger partial charge in [0.2, 0.25) is 0 Å². The van der Waals surface area contributed by atoms with Crippen LogP contribution in [0.5, 0.6) is 0 Å². The fraction of sp³-hybridized carbons (Fsp3) is 0.429. The van der Waals surface area contributed by atoms with E-state index >= 15 is 0 Å². The fourth-order valence-corrected chi connectivity index (χ4v) is 3.21. The quantitative estimate of drug-likeness (QED) is 0.870. The van der Waals surface area contributed by atoms with Gasteiger partial charge in [-0.3, -0.25) is 0 Å². The number of aryl methyl sites for hydroxylation is 1. The highest BCUT2D eigenvalue weighted by Gasteiger charge is 2.21. The lowest BCUT2D eigenvalue weighted by Gasteiger charge is -2.34. The summed E-state index contributed by atoms with van der Waals surface area (Å²) in [5, 5.41) is 0.967. The van der Waals surface area contributed by atoms with Crippen LogP contribution < -0.4 is 4.90 Å². The summed E-state index contributed by atoms with van der Waals surface area (Å²) < 4.78 is 15.2. The van der Waals surface area contributed by atoms with Gasteiger partial charge in [-0.1, -0.05) is 0 Å². The van der Waals surface area contributed by atoms with E-state index in [1.807, 2.05) is 13.0 Å². The highest BCUT2D eigenvalue weighted by atomic mass is 79.9. The number of fused-ring (bicyclic) bond motifs is 1. The maximum atomic E-state index is 14.4. The molecule has 1 aliphatic rings. The SMILES string of the molecule is Cc1cc2c(N3CCN(C)CC3)c(F)cc(Br)c2[nH]1. The van der Waals surface area contributed by atoms with E-state index in [2.05, 4.69) is 37.8 Å². The molecular weight excluding hydrogens is 309 g/mol. The second-order valence-electron chi connectivity index (χ2n) is 5.22. The molecule has 102 valence electrons. The molecule has 1 aromatic heterocycles. The summed E-state index contributed by atoms with van der Waals surface area (Å²) in [6, 6.07) is 3.59. The second-order valence-corrected chi connectivity index (χ2v) is 6.07. The summed E-state index contributed by atoms with van der Waals surface area (Å²) >= 11 is 3.43. The molecule has 0 saturated carbocycles. The summed E-state index contributed by atoms with van der Waals surface area (Å²) in [6.07, 6.45) is 0. The summed E-state index contributed by atoms with van der Waals surface area (Å²) in [6.45, 7) is 5.68. The lowest BCUT2D eigenvalue weighted by atomic mass is 10.1. The third-order valence-electron chi connectivity index (χ3n) is 3.75. The van der Waals surface area contributed by atoms with Crippen LogP contribution in [0.25, 0.3) is 10.9 Å². The number of benzene rings is 1. The first kappa shape index (κ1) is 12.9. The van der Waals surface area contributed by atoms with Crippen molar-refractivity contribution in [3.63, 3.8) is 0 Å². The van der Waals surface area contributed by atoms with Crippen LogP contribution in [0.1, 0.15) is 5.69 Å². The van der Waals surface area contributed by atoms with Gasteiger partial charge in [-0.15, -0.1) is 0 Å². The number of H-pyrrole nitrogens is 1. The van der Waals surface area contributed by atoms with Crippen LogP contribution in [0, 0.1) is 12.7 Å². The van der Waals surface area contributed by atoms with Gasteiger partial charge in [0.1, 0.15) is 5.82 Å². The van der Waals surface area contributed by atoms with E-state index in [1.165, 1.54) is 0 Å². The molecular formula is C14H17BrFN3. The standard InChI is InChI=1S/C14H17BrFN3/c1-9-7-10-13(17-9)11(15)8-12(16)14(10)19-5-3-18(2)4-6-19/h7-8,17H,3-6H2,1-2H3. The number of aromatic amines is 1. The van der Waals surface area contributed by atoms with Crippen LogP contribution in [0.4, 0.5) is 10.1 Å². The zero-order valence-electron chi connectivity index (χ0n) is 11.1. The molecule has 1 aliphatic heterocycles. The molecule has 3 rings (SSSR count). The molecule has 1 fully saturated rings. The van der Waals surface area contributed by atoms with Crippen molar-refractivity contribution in [3.8, 4) is 0 Å². The molecule has 1 saturated heterocycles. The molecule has 2 heterocycles. The minimum atomic E-state index is -0.150. The molecule has 19 heavy (non-hydrogen) atoms. The Kier molecular flexibility index (Phi) is 3.27. The molecule has 0 amide bonds. The number of anilines is 1. The van der Waals surface area contributed by atoms with E-state index in [0.717, 1.165) is 52.9 Å². The van der Waals surface area contributed by atoms with Gasteiger partial charge in [0.05, 0.1) is 11.2 Å². The minimum absolute atomic E-state index is 0.150. The molecule has 0 bridgehead atoms. The Bertz CT molecular complexity index is 615. The number of hydrogen-bond acceptors (Lipinski definition) is 2. The topological polar surface area (TPSA) is 22.3 Å². The summed E-state index contributed by atoms with van der Waals surface area (Å²) in [7, 11) is 2.10. The van der Waals surface area contributed by atoms with Crippen LogP contribution in [-0.2, 0) is 0 Å². The molecule has 0 spiro atoms. The average Bonchev–Trinajstić information content (AvgIpc) is 2.73. The van der Waals surface area contributed by atoms with Crippen molar-refractivity contribution in [3.05, 3.63) is 28.1 Å². The molecule has 0 radical (unpaired) electrons. The fourth-order valence-electron chi connectivity index (χ4n) is 2.70. The third-order valence-corrected chi connectivity index (χ3v) is 4.37. The number of likely N-dealkylation sites (N-methyl/N-ethyl adjacent to an activating group) is 1. The number of aromatic nitrogens is 1. The molecule has 1 aromatic carbocycles. The van der Waals surface area contributed by atoms with E-state index in [4.69, 9.17) is 0 Å². The summed E-state index contributed by atoms with van der Waals surface area (Å²) in [4.78, 5) is 7.71. The van der Waals surface area contributed by atoms with E-state index in [0.29, 0.717) is 0 Å². The van der Waals surface area contributed by atoms with E-state index in [-0.39, 0.29) is 5.82 Å². The van der Waals surface area contributed by atoms with Gasteiger partial charge in [0.15, 0.2) is 0 Å². The van der Waals surface area contributed by atoms with Crippen molar-refractivity contribution in [2.75, 3.05) is 38.1 Å². The van der Waals surface area contributed by atoms with Crippen molar-refractivity contribution in [1.82, 2.24) is 9.88 Å². The smallest absolute Gasteiger partial charge is 0.148 e. The highest BCUT2D eigenvalue weighted by molar-refractivity contribution is 9.10. The van der Waals surface area contributed by atoms with E-state index in [9.17, 15) is 4.39 Å². The summed E-state index contributed by atoms with van der Waals surface area (Å²) in [5.41, 5.74) is 2.76. The Morgan fingerprint density at radius 3 is 2.58 bits per heavy atom. The van der Waals surface area contributed by atoms with Crippen molar-refractivity contribution >= 4 is 32.5 Å². The van der Waals surface area contributed by atoms with E-state index in [1.54, 1.807) is 6.07 Å². The number of rotatable bonds is 1. The molecule has 3 nitrogen and oxygen atoms in total. The van der Waals surface area contributed by atoms with Crippen LogP contribution in [0.15, 0.2) is 16.6 Å². The van der Waals surface area contributed by atoms with Crippen molar-refractivity contribution < 1.29 is 4.39 Å².